The van der Waals surface area contributed by atoms with Crippen molar-refractivity contribution in [2.45, 2.75) is 57.3 Å². The highest BCUT2D eigenvalue weighted by Gasteiger charge is 2.31. The number of benzene rings is 1. The Labute approximate surface area is 195 Å². The lowest BCUT2D eigenvalue weighted by Crippen LogP contribution is -2.32. The lowest BCUT2D eigenvalue weighted by atomic mass is 9.88. The first-order valence-electron chi connectivity index (χ1n) is 10.9. The minimum atomic E-state index is -0.217. The Kier molecular flexibility index (Phi) is 5.73. The molecule has 0 aliphatic carbocycles. The number of aryl methyl sites for hydroxylation is 1. The standard InChI is InChI=1S/C25H25N3O2S2/c1-4-8-18-17-12-30-25(2,3)11-16(17)20-21-22(32-23(20)28-18)24(27-14-26-21)31-13-19(29)15-9-6-5-7-10-15/h5-7,9-10,14H,4,8,11-13H2,1-3H3. The summed E-state index contributed by atoms with van der Waals surface area (Å²) in [4.78, 5) is 27.9. The number of nitrogens with zero attached hydrogens (tertiary/aromatic N) is 3. The molecule has 5 rings (SSSR count). The van der Waals surface area contributed by atoms with Gasteiger partial charge in [-0.25, -0.2) is 15.0 Å². The van der Waals surface area contributed by atoms with Crippen molar-refractivity contribution in [1.29, 1.82) is 0 Å². The van der Waals surface area contributed by atoms with Crippen molar-refractivity contribution in [1.82, 2.24) is 15.0 Å². The minimum Gasteiger partial charge on any atom is -0.370 e. The molecule has 0 unspecified atom stereocenters. The third kappa shape index (κ3) is 3.93. The van der Waals surface area contributed by atoms with E-state index in [0.717, 1.165) is 56.0 Å². The predicted molar refractivity (Wildman–Crippen MR) is 131 cm³/mol. The topological polar surface area (TPSA) is 65.0 Å². The van der Waals surface area contributed by atoms with Gasteiger partial charge in [-0.3, -0.25) is 4.79 Å². The third-order valence-electron chi connectivity index (χ3n) is 5.80. The predicted octanol–water partition coefficient (Wildman–Crippen LogP) is 6.02. The number of pyridine rings is 1. The van der Waals surface area contributed by atoms with Crippen LogP contribution < -0.4 is 0 Å². The number of carbonyl (C=O) groups is 1. The van der Waals surface area contributed by atoms with Gasteiger partial charge >= 0.3 is 0 Å². The molecule has 0 atom stereocenters. The van der Waals surface area contributed by atoms with E-state index in [9.17, 15) is 4.79 Å². The summed E-state index contributed by atoms with van der Waals surface area (Å²) in [5.74, 6) is 0.445. The second kappa shape index (κ2) is 8.54. The molecule has 0 fully saturated rings. The molecule has 7 heteroatoms. The molecule has 0 N–H and O–H groups in total. The van der Waals surface area contributed by atoms with Crippen LogP contribution in [0.5, 0.6) is 0 Å². The maximum Gasteiger partial charge on any atom is 0.173 e. The van der Waals surface area contributed by atoms with Crippen LogP contribution in [0.3, 0.4) is 0 Å². The summed E-state index contributed by atoms with van der Waals surface area (Å²) < 4.78 is 7.15. The van der Waals surface area contributed by atoms with Gasteiger partial charge in [-0.2, -0.15) is 0 Å². The quantitative estimate of drug-likeness (QED) is 0.198. The molecule has 1 aromatic carbocycles. The largest absolute Gasteiger partial charge is 0.370 e. The molecule has 0 amide bonds. The molecule has 1 aliphatic rings. The fourth-order valence-electron chi connectivity index (χ4n) is 4.24. The monoisotopic (exact) mass is 463 g/mol. The van der Waals surface area contributed by atoms with Gasteiger partial charge < -0.3 is 4.74 Å². The zero-order valence-electron chi connectivity index (χ0n) is 18.5. The molecule has 0 saturated heterocycles. The van der Waals surface area contributed by atoms with Gasteiger partial charge in [-0.15, -0.1) is 11.3 Å². The molecule has 1 aliphatic heterocycles. The van der Waals surface area contributed by atoms with E-state index < -0.39 is 0 Å². The molecule has 32 heavy (non-hydrogen) atoms. The van der Waals surface area contributed by atoms with Crippen molar-refractivity contribution in [3.63, 3.8) is 0 Å². The fraction of sp³-hybridized carbons (Fsp3) is 0.360. The van der Waals surface area contributed by atoms with Crippen LogP contribution in [0.1, 0.15) is 54.4 Å². The summed E-state index contributed by atoms with van der Waals surface area (Å²) in [5.41, 5.74) is 5.13. The van der Waals surface area contributed by atoms with Gasteiger partial charge in [0, 0.05) is 28.6 Å². The molecular weight excluding hydrogens is 438 g/mol. The normalized spacial score (nSPS) is 15.2. The van der Waals surface area contributed by atoms with Gasteiger partial charge in [-0.1, -0.05) is 55.4 Å². The Hall–Kier alpha value is -2.35. The molecule has 5 nitrogen and oxygen atoms in total. The molecule has 164 valence electrons. The minimum absolute atomic E-state index is 0.100. The lowest BCUT2D eigenvalue weighted by Gasteiger charge is -2.33. The second-order valence-electron chi connectivity index (χ2n) is 8.71. The number of hydrogen-bond acceptors (Lipinski definition) is 7. The molecule has 0 saturated carbocycles. The number of thiophene rings is 1. The Morgan fingerprint density at radius 1 is 1.19 bits per heavy atom. The van der Waals surface area contributed by atoms with Crippen LogP contribution in [0.15, 0.2) is 41.7 Å². The molecule has 4 heterocycles. The van der Waals surface area contributed by atoms with Gasteiger partial charge in [-0.05, 0) is 25.8 Å². The summed E-state index contributed by atoms with van der Waals surface area (Å²) in [6.45, 7) is 7.06. The number of hydrogen-bond donors (Lipinski definition) is 0. The smallest absolute Gasteiger partial charge is 0.173 e. The van der Waals surface area contributed by atoms with Crippen molar-refractivity contribution in [2.24, 2.45) is 0 Å². The zero-order valence-corrected chi connectivity index (χ0v) is 20.1. The maximum atomic E-state index is 12.6. The van der Waals surface area contributed by atoms with Crippen LogP contribution in [-0.2, 0) is 24.2 Å². The van der Waals surface area contributed by atoms with Crippen molar-refractivity contribution >= 4 is 49.3 Å². The van der Waals surface area contributed by atoms with E-state index in [0.29, 0.717) is 12.4 Å². The Bertz CT molecular complexity index is 1320. The summed E-state index contributed by atoms with van der Waals surface area (Å²) >= 11 is 3.12. The van der Waals surface area contributed by atoms with E-state index in [4.69, 9.17) is 9.72 Å². The summed E-state index contributed by atoms with van der Waals surface area (Å²) in [7, 11) is 0. The number of ketones is 1. The number of thioether (sulfide) groups is 1. The maximum absolute atomic E-state index is 12.6. The average molecular weight is 464 g/mol. The Morgan fingerprint density at radius 2 is 2.00 bits per heavy atom. The highest BCUT2D eigenvalue weighted by molar-refractivity contribution is 8.00. The molecule has 0 bridgehead atoms. The molecule has 3 aromatic heterocycles. The van der Waals surface area contributed by atoms with E-state index in [1.807, 2.05) is 30.3 Å². The summed E-state index contributed by atoms with van der Waals surface area (Å²) in [6, 6.07) is 9.41. The van der Waals surface area contributed by atoms with Gasteiger partial charge in [0.05, 0.1) is 28.2 Å². The highest BCUT2D eigenvalue weighted by Crippen LogP contribution is 2.42. The molecule has 0 spiro atoms. The van der Waals surface area contributed by atoms with E-state index in [1.165, 1.54) is 22.9 Å². The first-order chi connectivity index (χ1) is 15.5. The number of aromatic nitrogens is 3. The first-order valence-corrected chi connectivity index (χ1v) is 12.7. The van der Waals surface area contributed by atoms with Crippen LogP contribution in [-0.4, -0.2) is 32.1 Å². The number of rotatable bonds is 6. The SMILES string of the molecule is CCCc1nc2sc3c(SCC(=O)c4ccccc4)ncnc3c2c2c1COC(C)(C)C2. The Morgan fingerprint density at radius 3 is 2.78 bits per heavy atom. The summed E-state index contributed by atoms with van der Waals surface area (Å²) in [6.07, 6.45) is 4.43. The van der Waals surface area contributed by atoms with Gasteiger partial charge in [0.2, 0.25) is 0 Å². The lowest BCUT2D eigenvalue weighted by molar-refractivity contribution is -0.0401. The summed E-state index contributed by atoms with van der Waals surface area (Å²) in [5, 5.41) is 1.98. The zero-order chi connectivity index (χ0) is 22.3. The van der Waals surface area contributed by atoms with Crippen LogP contribution in [0.25, 0.3) is 20.4 Å². The number of carbonyl (C=O) groups excluding carboxylic acids is 1. The van der Waals surface area contributed by atoms with Gasteiger partial charge in [0.15, 0.2) is 5.78 Å². The van der Waals surface area contributed by atoms with E-state index in [1.54, 1.807) is 17.7 Å². The average Bonchev–Trinajstić information content (AvgIpc) is 3.16. The van der Waals surface area contributed by atoms with Gasteiger partial charge in [0.1, 0.15) is 16.2 Å². The van der Waals surface area contributed by atoms with Crippen molar-refractivity contribution in [3.05, 3.63) is 59.0 Å². The first kappa shape index (κ1) is 21.5. The molecule has 0 radical (unpaired) electrons. The molecular formula is C25H25N3O2S2. The number of Topliss-reactive ketones (excluding diaryl/α,β-unsaturated/α-hetero) is 1. The van der Waals surface area contributed by atoms with Gasteiger partial charge in [0.25, 0.3) is 0 Å². The number of ether oxygens (including phenoxy) is 1. The Balaban J connectivity index is 1.59. The van der Waals surface area contributed by atoms with Crippen molar-refractivity contribution in [2.75, 3.05) is 5.75 Å². The van der Waals surface area contributed by atoms with E-state index in [-0.39, 0.29) is 11.4 Å². The van der Waals surface area contributed by atoms with Crippen LogP contribution >= 0.6 is 23.1 Å². The van der Waals surface area contributed by atoms with Crippen molar-refractivity contribution < 1.29 is 9.53 Å². The molecule has 4 aromatic rings. The van der Waals surface area contributed by atoms with E-state index in [2.05, 4.69) is 30.7 Å². The fourth-order valence-corrected chi connectivity index (χ4v) is 6.39. The van der Waals surface area contributed by atoms with Crippen LogP contribution in [0.4, 0.5) is 0 Å². The highest BCUT2D eigenvalue weighted by atomic mass is 32.2. The van der Waals surface area contributed by atoms with E-state index >= 15 is 0 Å². The van der Waals surface area contributed by atoms with Crippen molar-refractivity contribution in [3.8, 4) is 0 Å². The second-order valence-corrected chi connectivity index (χ2v) is 10.7. The third-order valence-corrected chi connectivity index (χ3v) is 8.00. The van der Waals surface area contributed by atoms with Crippen LogP contribution in [0, 0.1) is 0 Å². The van der Waals surface area contributed by atoms with Crippen LogP contribution in [0.2, 0.25) is 0 Å². The number of fused-ring (bicyclic) bond motifs is 5.